The van der Waals surface area contributed by atoms with Crippen LogP contribution in [0.3, 0.4) is 0 Å². The van der Waals surface area contributed by atoms with E-state index in [4.69, 9.17) is 21.1 Å². The molecule has 1 aromatic heterocycles. The van der Waals surface area contributed by atoms with Crippen molar-refractivity contribution in [3.8, 4) is 11.5 Å². The Morgan fingerprint density at radius 3 is 2.80 bits per heavy atom. The van der Waals surface area contributed by atoms with Gasteiger partial charge in [0.05, 0.1) is 35.0 Å². The van der Waals surface area contributed by atoms with Crippen molar-refractivity contribution >= 4 is 39.9 Å². The molecule has 1 saturated carbocycles. The summed E-state index contributed by atoms with van der Waals surface area (Å²) >= 11 is 5.93. The van der Waals surface area contributed by atoms with Crippen molar-refractivity contribution in [3.63, 3.8) is 0 Å². The molecule has 1 amide bonds. The van der Waals surface area contributed by atoms with Crippen molar-refractivity contribution < 1.29 is 18.7 Å². The molecular formula is C25H27ClFN5O3. The summed E-state index contributed by atoms with van der Waals surface area (Å²) in [7, 11) is 3.43. The summed E-state index contributed by atoms with van der Waals surface area (Å²) in [6.45, 7) is 1.53. The zero-order valence-electron chi connectivity index (χ0n) is 19.6. The highest BCUT2D eigenvalue weighted by Gasteiger charge is 2.45. The lowest BCUT2D eigenvalue weighted by Crippen LogP contribution is -2.64. The molecule has 0 atom stereocenters. The highest BCUT2D eigenvalue weighted by atomic mass is 35.5. The van der Waals surface area contributed by atoms with E-state index in [0.717, 1.165) is 25.9 Å². The van der Waals surface area contributed by atoms with Gasteiger partial charge in [0.2, 0.25) is 5.91 Å². The summed E-state index contributed by atoms with van der Waals surface area (Å²) in [6, 6.07) is 8.32. The predicted octanol–water partition coefficient (Wildman–Crippen LogP) is 4.30. The van der Waals surface area contributed by atoms with Gasteiger partial charge in [0.25, 0.3) is 0 Å². The molecule has 2 fully saturated rings. The third kappa shape index (κ3) is 4.46. The van der Waals surface area contributed by atoms with E-state index < -0.39 is 11.4 Å². The number of methoxy groups -OCH3 is 1. The summed E-state index contributed by atoms with van der Waals surface area (Å²) in [6.07, 6.45) is 4.22. The molecule has 8 nitrogen and oxygen atoms in total. The summed E-state index contributed by atoms with van der Waals surface area (Å²) in [4.78, 5) is 23.2. The molecule has 1 aliphatic carbocycles. The number of carbonyl (C=O) groups is 1. The summed E-state index contributed by atoms with van der Waals surface area (Å²) in [5, 5.41) is 7.14. The quantitative estimate of drug-likeness (QED) is 0.541. The minimum Gasteiger partial charge on any atom is -0.493 e. The molecule has 2 N–H and O–H groups in total. The normalized spacial score (nSPS) is 22.5. The zero-order chi connectivity index (χ0) is 24.6. The van der Waals surface area contributed by atoms with E-state index in [0.29, 0.717) is 41.1 Å². The highest BCUT2D eigenvalue weighted by Crippen LogP contribution is 2.39. The van der Waals surface area contributed by atoms with Gasteiger partial charge >= 0.3 is 0 Å². The van der Waals surface area contributed by atoms with Crippen molar-refractivity contribution in [2.75, 3.05) is 32.6 Å². The van der Waals surface area contributed by atoms with E-state index in [2.05, 4.69) is 20.6 Å². The molecule has 2 aliphatic rings. The van der Waals surface area contributed by atoms with Gasteiger partial charge in [-0.25, -0.2) is 14.4 Å². The minimum atomic E-state index is -0.557. The number of piperazine rings is 1. The summed E-state index contributed by atoms with van der Waals surface area (Å²) < 4.78 is 26.4. The van der Waals surface area contributed by atoms with Gasteiger partial charge in [-0.15, -0.1) is 0 Å². The number of nitrogens with zero attached hydrogens (tertiary/aromatic N) is 3. The summed E-state index contributed by atoms with van der Waals surface area (Å²) in [5.41, 5.74) is 0.339. The SMILES string of the molecule is COc1cc2ncnc(Nc3cccc(Cl)c3F)c2cc1O[C@H]1CC[C@@]2(CC1)NCCN(C)C2=O. The number of rotatable bonds is 5. The molecule has 35 heavy (non-hydrogen) atoms. The smallest absolute Gasteiger partial charge is 0.242 e. The topological polar surface area (TPSA) is 88.6 Å². The number of hydrogen-bond acceptors (Lipinski definition) is 7. The number of aromatic nitrogens is 2. The lowest BCUT2D eigenvalue weighted by Gasteiger charge is -2.45. The number of carbonyl (C=O) groups excluding carboxylic acids is 1. The van der Waals surface area contributed by atoms with Gasteiger partial charge in [0.15, 0.2) is 17.3 Å². The maximum absolute atomic E-state index is 14.5. The fourth-order valence-electron chi connectivity index (χ4n) is 4.92. The van der Waals surface area contributed by atoms with Crippen LogP contribution in [0.5, 0.6) is 11.5 Å². The second-order valence-corrected chi connectivity index (χ2v) is 9.43. The molecule has 3 aromatic rings. The van der Waals surface area contributed by atoms with E-state index in [9.17, 15) is 9.18 Å². The van der Waals surface area contributed by atoms with E-state index in [1.54, 1.807) is 36.3 Å². The second kappa shape index (κ2) is 9.47. The van der Waals surface area contributed by atoms with Crippen molar-refractivity contribution in [2.24, 2.45) is 0 Å². The van der Waals surface area contributed by atoms with Crippen molar-refractivity contribution in [1.29, 1.82) is 0 Å². The van der Waals surface area contributed by atoms with Crippen LogP contribution < -0.4 is 20.1 Å². The lowest BCUT2D eigenvalue weighted by atomic mass is 9.78. The second-order valence-electron chi connectivity index (χ2n) is 9.02. The van der Waals surface area contributed by atoms with Gasteiger partial charge in [-0.05, 0) is 43.9 Å². The molecule has 5 rings (SSSR count). The minimum absolute atomic E-state index is 0.0197. The van der Waals surface area contributed by atoms with E-state index in [1.165, 1.54) is 12.4 Å². The number of halogens is 2. The van der Waals surface area contributed by atoms with Crippen LogP contribution in [0, 0.1) is 5.82 Å². The molecule has 2 aromatic carbocycles. The van der Waals surface area contributed by atoms with Gasteiger partial charge in [-0.1, -0.05) is 17.7 Å². The Labute approximate surface area is 207 Å². The third-order valence-corrected chi connectivity index (χ3v) is 7.16. The van der Waals surface area contributed by atoms with Gasteiger partial charge < -0.3 is 25.0 Å². The third-order valence-electron chi connectivity index (χ3n) is 6.87. The fraction of sp³-hybridized carbons (Fsp3) is 0.400. The van der Waals surface area contributed by atoms with Gasteiger partial charge in [0, 0.05) is 31.6 Å². The van der Waals surface area contributed by atoms with Gasteiger partial charge in [-0.3, -0.25) is 4.79 Å². The maximum atomic E-state index is 14.5. The number of likely N-dealkylation sites (N-methyl/N-ethyl adjacent to an activating group) is 1. The molecule has 1 saturated heterocycles. The van der Waals surface area contributed by atoms with Crippen LogP contribution in [0.1, 0.15) is 25.7 Å². The predicted molar refractivity (Wildman–Crippen MR) is 132 cm³/mol. The van der Waals surface area contributed by atoms with Gasteiger partial charge in [-0.2, -0.15) is 0 Å². The van der Waals surface area contributed by atoms with Crippen LogP contribution >= 0.6 is 11.6 Å². The number of hydrogen-bond donors (Lipinski definition) is 2. The first kappa shape index (κ1) is 23.6. The molecule has 1 aliphatic heterocycles. The Morgan fingerprint density at radius 1 is 1.23 bits per heavy atom. The van der Waals surface area contributed by atoms with Crippen LogP contribution in [0.15, 0.2) is 36.7 Å². The molecule has 0 radical (unpaired) electrons. The van der Waals surface area contributed by atoms with Gasteiger partial charge in [0.1, 0.15) is 12.1 Å². The van der Waals surface area contributed by atoms with Crippen LogP contribution in [-0.2, 0) is 4.79 Å². The van der Waals surface area contributed by atoms with Crippen molar-refractivity contribution in [3.05, 3.63) is 47.5 Å². The standard InChI is InChI=1S/C25H27ClFN5O3/c1-32-11-10-30-25(24(32)33)8-6-15(7-9-25)35-21-12-16-19(13-20(21)34-2)28-14-29-23(16)31-18-5-3-4-17(26)22(18)27/h3-5,12-15,30H,6-11H2,1-2H3,(H,28,29,31)/t15-,25-. The molecule has 2 heterocycles. The molecular weight excluding hydrogens is 473 g/mol. The monoisotopic (exact) mass is 499 g/mol. The largest absolute Gasteiger partial charge is 0.493 e. The number of fused-ring (bicyclic) bond motifs is 1. The lowest BCUT2D eigenvalue weighted by molar-refractivity contribution is -0.142. The first-order valence-electron chi connectivity index (χ1n) is 11.6. The number of nitrogens with one attached hydrogen (secondary N) is 2. The molecule has 1 spiro atoms. The molecule has 0 bridgehead atoms. The number of benzene rings is 2. The van der Waals surface area contributed by atoms with Crippen LogP contribution in [0.25, 0.3) is 10.9 Å². The zero-order valence-corrected chi connectivity index (χ0v) is 20.4. The Morgan fingerprint density at radius 2 is 2.03 bits per heavy atom. The Kier molecular flexibility index (Phi) is 6.37. The fourth-order valence-corrected chi connectivity index (χ4v) is 5.10. The number of ether oxygens (including phenoxy) is 2. The van der Waals surface area contributed by atoms with Crippen LogP contribution in [-0.4, -0.2) is 59.7 Å². The maximum Gasteiger partial charge on any atom is 0.242 e. The van der Waals surface area contributed by atoms with Crippen molar-refractivity contribution in [2.45, 2.75) is 37.3 Å². The van der Waals surface area contributed by atoms with E-state index >= 15 is 0 Å². The number of amides is 1. The Hall–Kier alpha value is -3.17. The van der Waals surface area contributed by atoms with Crippen molar-refractivity contribution in [1.82, 2.24) is 20.2 Å². The Balaban J connectivity index is 1.40. The van der Waals surface area contributed by atoms with E-state index in [-0.39, 0.29) is 22.7 Å². The van der Waals surface area contributed by atoms with Crippen LogP contribution in [0.2, 0.25) is 5.02 Å². The average molecular weight is 500 g/mol. The first-order chi connectivity index (χ1) is 16.9. The number of anilines is 2. The first-order valence-corrected chi connectivity index (χ1v) is 12.0. The molecule has 184 valence electrons. The summed E-state index contributed by atoms with van der Waals surface area (Å²) in [5.74, 6) is 1.12. The van der Waals surface area contributed by atoms with Crippen LogP contribution in [0.4, 0.5) is 15.9 Å². The Bertz CT molecular complexity index is 1270. The molecule has 10 heteroatoms. The van der Waals surface area contributed by atoms with E-state index in [1.807, 2.05) is 7.05 Å². The highest BCUT2D eigenvalue weighted by molar-refractivity contribution is 6.31. The molecule has 0 unspecified atom stereocenters. The average Bonchev–Trinajstić information content (AvgIpc) is 2.86.